The zero-order valence-electron chi connectivity index (χ0n) is 8.54. The van der Waals surface area contributed by atoms with Crippen LogP contribution in [0.15, 0.2) is 18.2 Å². The lowest BCUT2D eigenvalue weighted by Crippen LogP contribution is -2.10. The molecule has 0 radical (unpaired) electrons. The molecule has 1 aromatic carbocycles. The summed E-state index contributed by atoms with van der Waals surface area (Å²) in [4.78, 5) is 0. The molecule has 1 rings (SSSR count). The van der Waals surface area contributed by atoms with Crippen LogP contribution in [0, 0.1) is 3.57 Å². The Balaban J connectivity index is 2.93. The second kappa shape index (κ2) is 5.02. The largest absolute Gasteiger partial charge is 0.385 e. The highest BCUT2D eigenvalue weighted by Gasteiger charge is 2.05. The van der Waals surface area contributed by atoms with Gasteiger partial charge in [0.2, 0.25) is 10.0 Å². The van der Waals surface area contributed by atoms with Gasteiger partial charge < -0.3 is 5.32 Å². The van der Waals surface area contributed by atoms with Gasteiger partial charge in [-0.25, -0.2) is 8.42 Å². The number of sulfonamides is 1. The van der Waals surface area contributed by atoms with Gasteiger partial charge >= 0.3 is 0 Å². The van der Waals surface area contributed by atoms with Crippen molar-refractivity contribution in [3.63, 3.8) is 0 Å². The molecule has 0 spiro atoms. The van der Waals surface area contributed by atoms with Gasteiger partial charge in [0.1, 0.15) is 0 Å². The Bertz CT molecular complexity index is 445. The molecule has 0 aliphatic heterocycles. The molecule has 0 unspecified atom stereocenters. The van der Waals surface area contributed by atoms with E-state index in [1.165, 1.54) is 0 Å². The van der Waals surface area contributed by atoms with Gasteiger partial charge in [0.15, 0.2) is 0 Å². The maximum Gasteiger partial charge on any atom is 0.229 e. The van der Waals surface area contributed by atoms with E-state index in [1.54, 1.807) is 6.07 Å². The molecule has 0 saturated carbocycles. The zero-order valence-corrected chi connectivity index (χ0v) is 11.5. The average molecular weight is 340 g/mol. The van der Waals surface area contributed by atoms with Crippen LogP contribution < -0.4 is 10.0 Å². The molecular formula is C9H13IN2O2S. The van der Waals surface area contributed by atoms with E-state index in [1.807, 2.05) is 19.1 Å². The van der Waals surface area contributed by atoms with E-state index in [0.717, 1.165) is 22.1 Å². The highest BCUT2D eigenvalue weighted by Crippen LogP contribution is 2.22. The van der Waals surface area contributed by atoms with Gasteiger partial charge in [-0.2, -0.15) is 0 Å². The summed E-state index contributed by atoms with van der Waals surface area (Å²) in [5.74, 6) is 0. The van der Waals surface area contributed by atoms with Crippen LogP contribution in [0.2, 0.25) is 0 Å². The molecule has 84 valence electrons. The van der Waals surface area contributed by atoms with Crippen molar-refractivity contribution in [2.45, 2.75) is 6.92 Å². The highest BCUT2D eigenvalue weighted by atomic mass is 127. The highest BCUT2D eigenvalue weighted by molar-refractivity contribution is 14.1. The molecule has 2 N–H and O–H groups in total. The molecule has 0 aliphatic carbocycles. The summed E-state index contributed by atoms with van der Waals surface area (Å²) in [5, 5.41) is 3.16. The summed E-state index contributed by atoms with van der Waals surface area (Å²) in [5.41, 5.74) is 1.60. The molecule has 0 aromatic heterocycles. The summed E-state index contributed by atoms with van der Waals surface area (Å²) in [7, 11) is -3.20. The van der Waals surface area contributed by atoms with Gasteiger partial charge in [-0.05, 0) is 47.7 Å². The Hall–Kier alpha value is -0.500. The molecule has 6 heteroatoms. The van der Waals surface area contributed by atoms with Gasteiger partial charge in [-0.15, -0.1) is 0 Å². The summed E-state index contributed by atoms with van der Waals surface area (Å²) >= 11 is 2.10. The standard InChI is InChI=1S/C9H13IN2O2S/c1-3-11-7-4-5-9(8(10)6-7)12-15(2,13)14/h4-6,11-12H,3H2,1-2H3. The maximum atomic E-state index is 11.0. The van der Waals surface area contributed by atoms with Crippen molar-refractivity contribution in [2.75, 3.05) is 22.8 Å². The average Bonchev–Trinajstić information content (AvgIpc) is 2.08. The predicted octanol–water partition coefficient (Wildman–Crippen LogP) is 2.09. The Kier molecular flexibility index (Phi) is 4.21. The molecule has 1 aromatic rings. The lowest BCUT2D eigenvalue weighted by Gasteiger charge is -2.09. The first-order chi connectivity index (χ1) is 6.92. The van der Waals surface area contributed by atoms with E-state index in [-0.39, 0.29) is 0 Å². The van der Waals surface area contributed by atoms with Crippen LogP contribution in [0.3, 0.4) is 0 Å². The number of benzene rings is 1. The van der Waals surface area contributed by atoms with Gasteiger partial charge in [-0.3, -0.25) is 4.72 Å². The second-order valence-electron chi connectivity index (χ2n) is 3.10. The zero-order chi connectivity index (χ0) is 11.5. The number of halogens is 1. The molecular weight excluding hydrogens is 327 g/mol. The third-order valence-corrected chi connectivity index (χ3v) is 3.13. The third-order valence-electron chi connectivity index (χ3n) is 1.65. The predicted molar refractivity (Wildman–Crippen MR) is 71.8 cm³/mol. The van der Waals surface area contributed by atoms with Crippen LogP contribution >= 0.6 is 22.6 Å². The molecule has 0 aliphatic rings. The maximum absolute atomic E-state index is 11.0. The van der Waals surface area contributed by atoms with Crippen LogP contribution in [0.4, 0.5) is 11.4 Å². The first kappa shape index (κ1) is 12.6. The Morgan fingerprint density at radius 2 is 2.07 bits per heavy atom. The van der Waals surface area contributed by atoms with E-state index >= 15 is 0 Å². The van der Waals surface area contributed by atoms with Gasteiger partial charge in [0.05, 0.1) is 11.9 Å². The first-order valence-corrected chi connectivity index (χ1v) is 7.40. The van der Waals surface area contributed by atoms with E-state index in [4.69, 9.17) is 0 Å². The Morgan fingerprint density at radius 3 is 2.53 bits per heavy atom. The summed E-state index contributed by atoms with van der Waals surface area (Å²) in [6, 6.07) is 5.50. The number of rotatable bonds is 4. The van der Waals surface area contributed by atoms with Gasteiger partial charge in [0, 0.05) is 15.8 Å². The van der Waals surface area contributed by atoms with Crippen molar-refractivity contribution < 1.29 is 8.42 Å². The van der Waals surface area contributed by atoms with Crippen LogP contribution in [-0.4, -0.2) is 21.2 Å². The number of hydrogen-bond acceptors (Lipinski definition) is 3. The van der Waals surface area contributed by atoms with E-state index < -0.39 is 10.0 Å². The fraction of sp³-hybridized carbons (Fsp3) is 0.333. The molecule has 15 heavy (non-hydrogen) atoms. The third kappa shape index (κ3) is 4.25. The van der Waals surface area contributed by atoms with Crippen molar-refractivity contribution in [1.29, 1.82) is 0 Å². The minimum absolute atomic E-state index is 0.611. The normalized spacial score (nSPS) is 11.1. The molecule has 4 nitrogen and oxygen atoms in total. The lowest BCUT2D eigenvalue weighted by molar-refractivity contribution is 0.607. The van der Waals surface area contributed by atoms with Crippen LogP contribution in [-0.2, 0) is 10.0 Å². The molecule has 0 amide bonds. The first-order valence-electron chi connectivity index (χ1n) is 4.43. The van der Waals surface area contributed by atoms with Crippen molar-refractivity contribution >= 4 is 44.0 Å². The fourth-order valence-electron chi connectivity index (χ4n) is 1.11. The summed E-state index contributed by atoms with van der Waals surface area (Å²) in [6.45, 7) is 2.85. The molecule has 0 heterocycles. The molecule has 0 atom stereocenters. The Labute approximate surface area is 104 Å². The topological polar surface area (TPSA) is 58.2 Å². The van der Waals surface area contributed by atoms with E-state index in [9.17, 15) is 8.42 Å². The minimum atomic E-state index is -3.20. The van der Waals surface area contributed by atoms with Crippen molar-refractivity contribution in [3.05, 3.63) is 21.8 Å². The summed E-state index contributed by atoms with van der Waals surface area (Å²) < 4.78 is 25.4. The Morgan fingerprint density at radius 1 is 1.40 bits per heavy atom. The number of anilines is 2. The van der Waals surface area contributed by atoms with E-state index in [0.29, 0.717) is 5.69 Å². The van der Waals surface area contributed by atoms with Crippen LogP contribution in [0.5, 0.6) is 0 Å². The van der Waals surface area contributed by atoms with Crippen molar-refractivity contribution in [2.24, 2.45) is 0 Å². The smallest absolute Gasteiger partial charge is 0.229 e. The SMILES string of the molecule is CCNc1ccc(NS(C)(=O)=O)c(I)c1. The number of hydrogen-bond donors (Lipinski definition) is 2. The van der Waals surface area contributed by atoms with Crippen LogP contribution in [0.1, 0.15) is 6.92 Å². The monoisotopic (exact) mass is 340 g/mol. The second-order valence-corrected chi connectivity index (χ2v) is 6.01. The van der Waals surface area contributed by atoms with Crippen molar-refractivity contribution in [1.82, 2.24) is 0 Å². The van der Waals surface area contributed by atoms with Crippen molar-refractivity contribution in [3.8, 4) is 0 Å². The van der Waals surface area contributed by atoms with E-state index in [2.05, 4.69) is 32.6 Å². The molecule has 0 bridgehead atoms. The summed E-state index contributed by atoms with van der Waals surface area (Å²) in [6.07, 6.45) is 1.14. The minimum Gasteiger partial charge on any atom is -0.385 e. The molecule has 0 fully saturated rings. The van der Waals surface area contributed by atoms with Gasteiger partial charge in [0.25, 0.3) is 0 Å². The molecule has 0 saturated heterocycles. The van der Waals surface area contributed by atoms with Gasteiger partial charge in [-0.1, -0.05) is 0 Å². The number of nitrogens with one attached hydrogen (secondary N) is 2. The quantitative estimate of drug-likeness (QED) is 0.826. The lowest BCUT2D eigenvalue weighted by atomic mass is 10.3. The van der Waals surface area contributed by atoms with Crippen LogP contribution in [0.25, 0.3) is 0 Å². The fourth-order valence-corrected chi connectivity index (χ4v) is 2.52.